The summed E-state index contributed by atoms with van der Waals surface area (Å²) in [4.78, 5) is 58.2. The number of ether oxygens (including phenoxy) is 2. The third kappa shape index (κ3) is 7.87. The van der Waals surface area contributed by atoms with Gasteiger partial charge in [0.25, 0.3) is 5.56 Å². The van der Waals surface area contributed by atoms with Crippen LogP contribution in [0.25, 0.3) is 11.2 Å². The lowest BCUT2D eigenvalue weighted by Gasteiger charge is -2.12. The van der Waals surface area contributed by atoms with Crippen LogP contribution in [0.4, 0.5) is 7.77 Å². The first kappa shape index (κ1) is 34.6. The predicted octanol–water partition coefficient (Wildman–Crippen LogP) is 3.35. The highest BCUT2D eigenvalue weighted by molar-refractivity contribution is 7.86. The molecule has 0 saturated heterocycles. The Hall–Kier alpha value is -4.71. The lowest BCUT2D eigenvalue weighted by molar-refractivity contribution is 0.0488. The average molecular weight is 709 g/mol. The van der Waals surface area contributed by atoms with Crippen molar-refractivity contribution in [3.63, 3.8) is 0 Å². The second kappa shape index (κ2) is 14.2. The molecule has 4 aromatic rings. The monoisotopic (exact) mass is 708 g/mol. The smallest absolute Gasteiger partial charge is 0.338 e. The van der Waals surface area contributed by atoms with Gasteiger partial charge in [-0.15, -0.1) is 7.77 Å². The van der Waals surface area contributed by atoms with Crippen molar-refractivity contribution in [3.8, 4) is 0 Å². The Kier molecular flexibility index (Phi) is 10.2. The maximum Gasteiger partial charge on any atom is 0.338 e. The third-order valence-corrected chi connectivity index (χ3v) is 9.55. The number of imidazole rings is 1. The number of nitrogens with one attached hydrogen (secondary N) is 1. The zero-order valence-electron chi connectivity index (χ0n) is 25.3. The maximum absolute atomic E-state index is 13.6. The number of nitrogens with zero attached hydrogens (tertiary/aromatic N) is 3. The van der Waals surface area contributed by atoms with E-state index in [4.69, 9.17) is 9.47 Å². The summed E-state index contributed by atoms with van der Waals surface area (Å²) in [6, 6.07) is 8.13. The van der Waals surface area contributed by atoms with Crippen LogP contribution in [0.1, 0.15) is 71.0 Å². The van der Waals surface area contributed by atoms with Crippen molar-refractivity contribution in [2.24, 2.45) is 0 Å². The second-order valence-corrected chi connectivity index (χ2v) is 13.8. The van der Waals surface area contributed by atoms with Crippen LogP contribution in [0.3, 0.4) is 0 Å². The number of benzene rings is 2. The van der Waals surface area contributed by atoms with Gasteiger partial charge >= 0.3 is 38.1 Å². The van der Waals surface area contributed by atoms with E-state index in [0.29, 0.717) is 5.82 Å². The first-order valence-corrected chi connectivity index (χ1v) is 17.7. The molecule has 1 fully saturated rings. The molecule has 0 unspecified atom stereocenters. The van der Waals surface area contributed by atoms with Crippen LogP contribution < -0.4 is 11.2 Å². The highest BCUT2D eigenvalue weighted by Crippen LogP contribution is 2.33. The first-order valence-electron chi connectivity index (χ1n) is 14.9. The number of aromatic amines is 1. The third-order valence-electron chi connectivity index (χ3n) is 7.88. The quantitative estimate of drug-likeness (QED) is 0.122. The predicted molar refractivity (Wildman–Crippen MR) is 165 cm³/mol. The Balaban J connectivity index is 1.27. The molecule has 18 heteroatoms. The van der Waals surface area contributed by atoms with Gasteiger partial charge in [0, 0.05) is 19.0 Å². The van der Waals surface area contributed by atoms with Gasteiger partial charge in [0.2, 0.25) is 0 Å². The van der Waals surface area contributed by atoms with E-state index in [1.807, 2.05) is 0 Å². The van der Waals surface area contributed by atoms with E-state index in [0.717, 1.165) is 78.8 Å². The highest BCUT2D eigenvalue weighted by Gasteiger charge is 2.24. The number of H-pyrrole nitrogens is 1. The fourth-order valence-electron chi connectivity index (χ4n) is 5.42. The fourth-order valence-corrected chi connectivity index (χ4v) is 6.35. The van der Waals surface area contributed by atoms with E-state index in [-0.39, 0.29) is 67.4 Å². The highest BCUT2D eigenvalue weighted by atomic mass is 32.3. The number of aromatic nitrogens is 4. The Labute approximate surface area is 272 Å². The standard InChI is InChI=1S/C30H30F2N4O10S2/c31-47(41,42)22-11-7-20(8-12-22)28(38)45-17-3-15-35-26-24(33-25(34-26)19-5-1-2-6-19)27(37)36(30(35)40)16-4-18-46-29(39)21-9-13-23(14-10-21)48(32,43)44/h7-14,19H,1-6,15-18H2,(H,33,34). The molecule has 1 saturated carbocycles. The Morgan fingerprint density at radius 1 is 0.771 bits per heavy atom. The number of carbonyl (C=O) groups is 2. The maximum atomic E-state index is 13.6. The van der Waals surface area contributed by atoms with E-state index in [1.54, 1.807) is 0 Å². The molecule has 1 aliphatic carbocycles. The van der Waals surface area contributed by atoms with Crippen molar-refractivity contribution in [2.75, 3.05) is 13.2 Å². The van der Waals surface area contributed by atoms with Gasteiger partial charge in [0.1, 0.15) is 11.3 Å². The molecule has 0 aliphatic heterocycles. The number of esters is 2. The summed E-state index contributed by atoms with van der Waals surface area (Å²) < 4.78 is 82.9. The largest absolute Gasteiger partial charge is 0.462 e. The van der Waals surface area contributed by atoms with Crippen LogP contribution in [0.15, 0.2) is 67.9 Å². The van der Waals surface area contributed by atoms with Crippen LogP contribution >= 0.6 is 0 Å². The molecule has 48 heavy (non-hydrogen) atoms. The van der Waals surface area contributed by atoms with Crippen LogP contribution in [0.5, 0.6) is 0 Å². The fraction of sp³-hybridized carbons (Fsp3) is 0.367. The van der Waals surface area contributed by atoms with Gasteiger partial charge in [-0.1, -0.05) is 12.8 Å². The molecule has 0 radical (unpaired) electrons. The topological polar surface area (TPSA) is 194 Å². The molecule has 14 nitrogen and oxygen atoms in total. The summed E-state index contributed by atoms with van der Waals surface area (Å²) in [7, 11) is -9.85. The van der Waals surface area contributed by atoms with Crippen molar-refractivity contribution < 1.29 is 43.7 Å². The SMILES string of the molecule is O=C(OCCCn1c(=O)c2[nH]c(C3CCCC3)nc2n(CCCOC(=O)c2ccc(S(=O)(=O)F)cc2)c1=O)c1ccc(S(=O)(=O)F)cc1. The Bertz CT molecular complexity index is 2170. The van der Waals surface area contributed by atoms with Crippen molar-refractivity contribution in [2.45, 2.75) is 67.3 Å². The van der Waals surface area contributed by atoms with E-state index < -0.39 is 53.4 Å². The molecule has 5 rings (SSSR count). The molecule has 256 valence electrons. The zero-order chi connectivity index (χ0) is 34.6. The van der Waals surface area contributed by atoms with E-state index in [9.17, 15) is 43.8 Å². The molecule has 0 bridgehead atoms. The number of fused-ring (bicyclic) bond motifs is 1. The van der Waals surface area contributed by atoms with Crippen LogP contribution in [-0.2, 0) is 43.0 Å². The lowest BCUT2D eigenvalue weighted by atomic mass is 10.1. The average Bonchev–Trinajstić information content (AvgIpc) is 3.74. The minimum atomic E-state index is -4.93. The van der Waals surface area contributed by atoms with Crippen molar-refractivity contribution in [1.29, 1.82) is 0 Å². The molecular weight excluding hydrogens is 678 g/mol. The normalized spacial score (nSPS) is 14.0. The van der Waals surface area contributed by atoms with E-state index in [2.05, 4.69) is 9.97 Å². The van der Waals surface area contributed by atoms with Gasteiger partial charge in [-0.3, -0.25) is 13.9 Å². The van der Waals surface area contributed by atoms with Gasteiger partial charge in [0.05, 0.1) is 34.1 Å². The number of halogens is 2. The second-order valence-electron chi connectivity index (χ2n) is 11.1. The number of rotatable bonds is 13. The number of aryl methyl sites for hydroxylation is 1. The van der Waals surface area contributed by atoms with Gasteiger partial charge in [-0.2, -0.15) is 16.8 Å². The van der Waals surface area contributed by atoms with Crippen LogP contribution in [0, 0.1) is 0 Å². The summed E-state index contributed by atoms with van der Waals surface area (Å²) in [6.07, 6.45) is 3.98. The summed E-state index contributed by atoms with van der Waals surface area (Å²) in [5, 5.41) is 0. The molecule has 1 aliphatic rings. The summed E-state index contributed by atoms with van der Waals surface area (Å²) >= 11 is 0. The molecule has 2 aromatic heterocycles. The Morgan fingerprint density at radius 3 is 1.69 bits per heavy atom. The zero-order valence-corrected chi connectivity index (χ0v) is 26.9. The van der Waals surface area contributed by atoms with E-state index in [1.165, 1.54) is 4.57 Å². The first-order chi connectivity index (χ1) is 22.7. The summed E-state index contributed by atoms with van der Waals surface area (Å²) in [5.74, 6) is -0.907. The molecule has 2 aromatic carbocycles. The minimum Gasteiger partial charge on any atom is -0.462 e. The molecule has 2 heterocycles. The van der Waals surface area contributed by atoms with Gasteiger partial charge in [-0.25, -0.2) is 19.4 Å². The summed E-state index contributed by atoms with van der Waals surface area (Å²) in [5.41, 5.74) is -1.04. The van der Waals surface area contributed by atoms with Crippen molar-refractivity contribution in [3.05, 3.63) is 86.3 Å². The van der Waals surface area contributed by atoms with Gasteiger partial charge < -0.3 is 14.5 Å². The molecule has 0 atom stereocenters. The van der Waals surface area contributed by atoms with E-state index >= 15 is 0 Å². The van der Waals surface area contributed by atoms with Crippen LogP contribution in [-0.4, -0.2) is 61.1 Å². The molecule has 0 amide bonds. The lowest BCUT2D eigenvalue weighted by Crippen LogP contribution is -2.40. The molecule has 0 spiro atoms. The number of hydrogen-bond acceptors (Lipinski definition) is 11. The van der Waals surface area contributed by atoms with Crippen LogP contribution in [0.2, 0.25) is 0 Å². The Morgan fingerprint density at radius 2 is 1.23 bits per heavy atom. The summed E-state index contributed by atoms with van der Waals surface area (Å²) in [6.45, 7) is -0.465. The number of carbonyl (C=O) groups excluding carboxylic acids is 2. The minimum absolute atomic E-state index is 0.00515. The molecule has 1 N–H and O–H groups in total. The van der Waals surface area contributed by atoms with Gasteiger partial charge in [0.15, 0.2) is 5.65 Å². The van der Waals surface area contributed by atoms with Crippen molar-refractivity contribution >= 4 is 43.5 Å². The molecular formula is C30H30F2N4O10S2. The van der Waals surface area contributed by atoms with Gasteiger partial charge in [-0.05, 0) is 74.2 Å². The van der Waals surface area contributed by atoms with Crippen molar-refractivity contribution in [1.82, 2.24) is 19.1 Å². The number of hydrogen-bond donors (Lipinski definition) is 1.